The molecule has 0 aliphatic rings. The van der Waals surface area contributed by atoms with Gasteiger partial charge in [-0.2, -0.15) is 0 Å². The first-order valence-corrected chi connectivity index (χ1v) is 19.3. The summed E-state index contributed by atoms with van der Waals surface area (Å²) in [5, 5.41) is 1.20. The molecular weight excluding hydrogens is 659 g/mol. The van der Waals surface area contributed by atoms with E-state index in [0.717, 1.165) is 35.1 Å². The molecule has 54 heavy (non-hydrogen) atoms. The topological polar surface area (TPSA) is 64.5 Å². The van der Waals surface area contributed by atoms with E-state index in [2.05, 4.69) is 141 Å². The number of fused-ring (bicyclic) bond motifs is 1. The summed E-state index contributed by atoms with van der Waals surface area (Å²) < 4.78 is 0. The monoisotopic (exact) mass is 736 g/mol. The molecular formula is C49H77N5. The van der Waals surface area contributed by atoms with E-state index in [1.165, 1.54) is 11.7 Å². The Morgan fingerprint density at radius 3 is 0.778 bits per heavy atom. The van der Waals surface area contributed by atoms with Crippen LogP contribution in [0.3, 0.4) is 0 Å². The normalized spacial score (nSPS) is 8.74. The van der Waals surface area contributed by atoms with Crippen LogP contribution in [0.2, 0.25) is 0 Å². The molecule has 6 rings (SSSR count). The molecule has 5 heteroatoms. The Morgan fingerprint density at radius 1 is 0.278 bits per heavy atom. The van der Waals surface area contributed by atoms with Crippen LogP contribution in [0.1, 0.15) is 104 Å². The van der Waals surface area contributed by atoms with E-state index in [-0.39, 0.29) is 0 Å². The Hall–Kier alpha value is -4.77. The average molecular weight is 736 g/mol. The van der Waals surface area contributed by atoms with E-state index in [1.54, 1.807) is 43.2 Å². The predicted molar refractivity (Wildman–Crippen MR) is 241 cm³/mol. The summed E-state index contributed by atoms with van der Waals surface area (Å²) in [6, 6.07) is 37.3. The second-order valence-corrected chi connectivity index (χ2v) is 15.0. The fraction of sp³-hybridized carbons (Fsp3) is 0.408. The molecule has 0 bridgehead atoms. The minimum absolute atomic E-state index is 0.833. The second-order valence-electron chi connectivity index (χ2n) is 15.0. The third-order valence-electron chi connectivity index (χ3n) is 3.79. The predicted octanol–water partition coefficient (Wildman–Crippen LogP) is 14.9. The van der Waals surface area contributed by atoms with Crippen LogP contribution in [-0.2, 0) is 0 Å². The molecule has 4 aromatic heterocycles. The maximum atomic E-state index is 4.18. The van der Waals surface area contributed by atoms with Crippen molar-refractivity contribution in [3.63, 3.8) is 0 Å². The molecule has 0 aliphatic heterocycles. The maximum absolute atomic E-state index is 4.18. The molecule has 2 aromatic carbocycles. The second kappa shape index (κ2) is 46.3. The van der Waals surface area contributed by atoms with Crippen LogP contribution >= 0.6 is 0 Å². The van der Waals surface area contributed by atoms with Crippen molar-refractivity contribution in [2.24, 2.45) is 29.6 Å². The Morgan fingerprint density at radius 2 is 0.556 bits per heavy atom. The minimum Gasteiger partial charge on any atom is -0.265 e. The summed E-state index contributed by atoms with van der Waals surface area (Å²) >= 11 is 0. The van der Waals surface area contributed by atoms with Gasteiger partial charge in [-0.3, -0.25) is 15.0 Å². The van der Waals surface area contributed by atoms with Crippen molar-refractivity contribution in [2.45, 2.75) is 104 Å². The first kappa shape index (κ1) is 56.0. The molecule has 0 radical (unpaired) electrons. The largest absolute Gasteiger partial charge is 0.265 e. The molecule has 0 aliphatic carbocycles. The molecule has 0 fully saturated rings. The third kappa shape index (κ3) is 72.8. The quantitative estimate of drug-likeness (QED) is 0.155. The number of hydrogen-bond acceptors (Lipinski definition) is 5. The van der Waals surface area contributed by atoms with E-state index in [4.69, 9.17) is 0 Å². The maximum Gasteiger partial charge on any atom is 0.115 e. The van der Waals surface area contributed by atoms with Gasteiger partial charge in [-0.15, -0.1) is 0 Å². The Balaban J connectivity index is -0.000000262. The fourth-order valence-corrected chi connectivity index (χ4v) is 2.28. The van der Waals surface area contributed by atoms with Crippen molar-refractivity contribution >= 4 is 10.9 Å². The molecule has 5 nitrogen and oxygen atoms in total. The summed E-state index contributed by atoms with van der Waals surface area (Å²) in [6.07, 6.45) is 13.7. The standard InChI is InChI=1S/C9H7N.C6H6.2C5H5N.C4H4N2.5C4H10/c1-2-6-9-8(4-1)5-3-7-10-9;3*1-2-4-6-5-3-1;1-2-5-4-6-3-1;5*1-4(2)3/h1-7H;1-6H;2*1-5H;1-4H;5*4H,1-3H3. The van der Waals surface area contributed by atoms with Crippen LogP contribution in [0.25, 0.3) is 10.9 Å². The van der Waals surface area contributed by atoms with Crippen LogP contribution in [-0.4, -0.2) is 24.9 Å². The van der Waals surface area contributed by atoms with Gasteiger partial charge < -0.3 is 0 Å². The molecule has 0 N–H and O–H groups in total. The molecule has 6 aromatic rings. The Labute approximate surface area is 333 Å². The average Bonchev–Trinajstić information content (AvgIpc) is 3.15. The van der Waals surface area contributed by atoms with Crippen molar-refractivity contribution < 1.29 is 0 Å². The zero-order valence-electron chi connectivity index (χ0n) is 36.7. The van der Waals surface area contributed by atoms with Gasteiger partial charge in [0.25, 0.3) is 0 Å². The van der Waals surface area contributed by atoms with Gasteiger partial charge in [0.2, 0.25) is 0 Å². The molecule has 0 saturated heterocycles. The highest BCUT2D eigenvalue weighted by molar-refractivity contribution is 5.77. The smallest absolute Gasteiger partial charge is 0.115 e. The lowest BCUT2D eigenvalue weighted by Gasteiger charge is -1.91. The van der Waals surface area contributed by atoms with Gasteiger partial charge in [0.15, 0.2) is 0 Å². The highest BCUT2D eigenvalue weighted by Gasteiger charge is 1.86. The van der Waals surface area contributed by atoms with Crippen LogP contribution in [0, 0.1) is 29.6 Å². The zero-order chi connectivity index (χ0) is 41.7. The molecule has 0 amide bonds. The Kier molecular flexibility index (Phi) is 47.9. The highest BCUT2D eigenvalue weighted by Crippen LogP contribution is 2.07. The summed E-state index contributed by atoms with van der Waals surface area (Å²) in [7, 11) is 0. The van der Waals surface area contributed by atoms with E-state index in [0.29, 0.717) is 0 Å². The summed E-state index contributed by atoms with van der Waals surface area (Å²) in [5.41, 5.74) is 1.06. The van der Waals surface area contributed by atoms with Crippen LogP contribution in [0.4, 0.5) is 0 Å². The van der Waals surface area contributed by atoms with Gasteiger partial charge in [-0.1, -0.05) is 177 Å². The summed E-state index contributed by atoms with van der Waals surface area (Å²) in [5.74, 6) is 4.17. The van der Waals surface area contributed by atoms with Crippen molar-refractivity contribution in [3.8, 4) is 0 Å². The van der Waals surface area contributed by atoms with Crippen LogP contribution in [0.15, 0.2) is 165 Å². The van der Waals surface area contributed by atoms with E-state index < -0.39 is 0 Å². The van der Waals surface area contributed by atoms with E-state index in [1.807, 2.05) is 103 Å². The first-order chi connectivity index (χ1) is 25.6. The first-order valence-electron chi connectivity index (χ1n) is 19.3. The lowest BCUT2D eigenvalue weighted by molar-refractivity contribution is 0.736. The highest BCUT2D eigenvalue weighted by atomic mass is 14.8. The lowest BCUT2D eigenvalue weighted by Crippen LogP contribution is -1.73. The fourth-order valence-electron chi connectivity index (χ4n) is 2.28. The summed E-state index contributed by atoms with van der Waals surface area (Å²) in [6.45, 7) is 32.5. The molecule has 0 spiro atoms. The lowest BCUT2D eigenvalue weighted by atomic mass is 10.2. The molecule has 298 valence electrons. The number of hydrogen-bond donors (Lipinski definition) is 0. The van der Waals surface area contributed by atoms with Gasteiger partial charge >= 0.3 is 0 Å². The number of nitrogens with zero attached hydrogens (tertiary/aromatic N) is 5. The van der Waals surface area contributed by atoms with E-state index in [9.17, 15) is 0 Å². The van der Waals surface area contributed by atoms with Gasteiger partial charge in [0.1, 0.15) is 6.33 Å². The number of para-hydroxylation sites is 1. The molecule has 0 atom stereocenters. The number of rotatable bonds is 0. The van der Waals surface area contributed by atoms with Crippen molar-refractivity contribution in [1.29, 1.82) is 0 Å². The van der Waals surface area contributed by atoms with Gasteiger partial charge in [0, 0.05) is 48.8 Å². The van der Waals surface area contributed by atoms with Crippen molar-refractivity contribution in [2.75, 3.05) is 0 Å². The number of pyridine rings is 3. The number of aromatic nitrogens is 5. The van der Waals surface area contributed by atoms with Crippen LogP contribution in [0.5, 0.6) is 0 Å². The van der Waals surface area contributed by atoms with E-state index >= 15 is 0 Å². The van der Waals surface area contributed by atoms with Gasteiger partial charge in [-0.05, 0) is 72.1 Å². The third-order valence-corrected chi connectivity index (χ3v) is 3.79. The molecule has 0 unspecified atom stereocenters. The van der Waals surface area contributed by atoms with Crippen molar-refractivity contribution in [1.82, 2.24) is 24.9 Å². The molecule has 4 heterocycles. The van der Waals surface area contributed by atoms with Crippen molar-refractivity contribution in [3.05, 3.63) is 165 Å². The Bertz CT molecular complexity index is 1080. The zero-order valence-corrected chi connectivity index (χ0v) is 36.7. The van der Waals surface area contributed by atoms with Crippen LogP contribution < -0.4 is 0 Å². The van der Waals surface area contributed by atoms with Gasteiger partial charge in [-0.25, -0.2) is 9.97 Å². The SMILES string of the molecule is CC(C)C.CC(C)C.CC(C)C.CC(C)C.CC(C)C.c1ccc2ncccc2c1.c1ccccc1.c1ccncc1.c1ccncc1.c1cncnc1. The molecule has 0 saturated carbocycles. The van der Waals surface area contributed by atoms with Gasteiger partial charge in [0.05, 0.1) is 5.52 Å². The minimum atomic E-state index is 0.833. The number of benzene rings is 2. The summed E-state index contributed by atoms with van der Waals surface area (Å²) in [4.78, 5) is 19.1.